The lowest BCUT2D eigenvalue weighted by atomic mass is 10.0. The Hall–Kier alpha value is -1.28. The minimum Gasteiger partial charge on any atom is -0.357 e. The van der Waals surface area contributed by atoms with Gasteiger partial charge in [0.05, 0.1) is 5.54 Å². The summed E-state index contributed by atoms with van der Waals surface area (Å²) in [6.07, 6.45) is 1.07. The molecule has 0 bridgehead atoms. The van der Waals surface area contributed by atoms with Crippen molar-refractivity contribution in [2.24, 2.45) is 5.73 Å². The highest BCUT2D eigenvalue weighted by Crippen LogP contribution is 2.23. The van der Waals surface area contributed by atoms with E-state index in [0.29, 0.717) is 0 Å². The zero-order valence-electron chi connectivity index (χ0n) is 9.59. The Kier molecular flexibility index (Phi) is 2.31. The first-order valence-electron chi connectivity index (χ1n) is 5.41. The van der Waals surface area contributed by atoms with Crippen molar-refractivity contribution in [3.8, 4) is 0 Å². The third-order valence-electron chi connectivity index (χ3n) is 2.79. The molecular formula is C13H18N2. The summed E-state index contributed by atoms with van der Waals surface area (Å²) in [4.78, 5) is 3.36. The number of hydrogen-bond acceptors (Lipinski definition) is 1. The summed E-state index contributed by atoms with van der Waals surface area (Å²) in [7, 11) is 0. The van der Waals surface area contributed by atoms with Crippen LogP contribution in [0.1, 0.15) is 32.0 Å². The lowest BCUT2D eigenvalue weighted by Gasteiger charge is -2.15. The Balaban J connectivity index is 2.56. The highest BCUT2D eigenvalue weighted by molar-refractivity contribution is 5.81. The molecule has 0 aliphatic carbocycles. The van der Waals surface area contributed by atoms with Crippen molar-refractivity contribution < 1.29 is 0 Å². The Morgan fingerprint density at radius 2 is 2.00 bits per heavy atom. The van der Waals surface area contributed by atoms with Gasteiger partial charge in [0.2, 0.25) is 0 Å². The maximum Gasteiger partial charge on any atom is 0.0504 e. The molecule has 0 aliphatic heterocycles. The molecule has 0 spiro atoms. The van der Waals surface area contributed by atoms with Crippen LogP contribution in [0.3, 0.4) is 0 Å². The number of fused-ring (bicyclic) bond motifs is 1. The normalized spacial score (nSPS) is 12.3. The van der Waals surface area contributed by atoms with E-state index in [0.717, 1.165) is 12.1 Å². The number of H-pyrrole nitrogens is 1. The Morgan fingerprint density at radius 1 is 1.27 bits per heavy atom. The molecule has 1 aromatic heterocycles. The number of benzene rings is 1. The zero-order chi connectivity index (χ0) is 11.1. The molecule has 2 aromatic rings. The van der Waals surface area contributed by atoms with Crippen LogP contribution in [0.4, 0.5) is 0 Å². The van der Waals surface area contributed by atoms with Crippen LogP contribution in [0.5, 0.6) is 0 Å². The average molecular weight is 202 g/mol. The molecule has 0 saturated carbocycles. The molecule has 0 saturated heterocycles. The summed E-state index contributed by atoms with van der Waals surface area (Å²) >= 11 is 0. The summed E-state index contributed by atoms with van der Waals surface area (Å²) in [6.45, 7) is 6.19. The number of aryl methyl sites for hydroxylation is 1. The van der Waals surface area contributed by atoms with Crippen LogP contribution in [0.2, 0.25) is 0 Å². The van der Waals surface area contributed by atoms with Crippen molar-refractivity contribution in [3.05, 3.63) is 35.5 Å². The van der Waals surface area contributed by atoms with E-state index in [2.05, 4.69) is 36.2 Å². The van der Waals surface area contributed by atoms with Crippen LogP contribution >= 0.6 is 0 Å². The third kappa shape index (κ3) is 1.90. The van der Waals surface area contributed by atoms with E-state index in [-0.39, 0.29) is 5.54 Å². The monoisotopic (exact) mass is 202 g/mol. The molecule has 0 fully saturated rings. The Labute approximate surface area is 90.5 Å². The molecule has 0 aliphatic rings. The molecule has 3 N–H and O–H groups in total. The fourth-order valence-electron chi connectivity index (χ4n) is 1.75. The van der Waals surface area contributed by atoms with E-state index < -0.39 is 0 Å². The maximum absolute atomic E-state index is 6.06. The highest BCUT2D eigenvalue weighted by atomic mass is 14.8. The molecule has 2 heteroatoms. The lowest BCUT2D eigenvalue weighted by Crippen LogP contribution is -2.28. The first kappa shape index (κ1) is 10.2. The maximum atomic E-state index is 6.06. The van der Waals surface area contributed by atoms with Crippen molar-refractivity contribution in [3.63, 3.8) is 0 Å². The van der Waals surface area contributed by atoms with Crippen LogP contribution in [-0.4, -0.2) is 4.98 Å². The molecule has 1 aromatic carbocycles. The van der Waals surface area contributed by atoms with Gasteiger partial charge in [-0.25, -0.2) is 0 Å². The first-order valence-corrected chi connectivity index (χ1v) is 5.41. The number of nitrogens with two attached hydrogens (primary N) is 1. The second kappa shape index (κ2) is 3.38. The van der Waals surface area contributed by atoms with Gasteiger partial charge >= 0.3 is 0 Å². The predicted molar refractivity (Wildman–Crippen MR) is 64.9 cm³/mol. The van der Waals surface area contributed by atoms with Gasteiger partial charge in [0.15, 0.2) is 0 Å². The van der Waals surface area contributed by atoms with Gasteiger partial charge in [-0.2, -0.15) is 0 Å². The summed E-state index contributed by atoms with van der Waals surface area (Å²) in [5.74, 6) is 0. The first-order chi connectivity index (χ1) is 7.00. The van der Waals surface area contributed by atoms with Crippen molar-refractivity contribution in [2.45, 2.75) is 32.7 Å². The fraction of sp³-hybridized carbons (Fsp3) is 0.385. The highest BCUT2D eigenvalue weighted by Gasteiger charge is 2.16. The van der Waals surface area contributed by atoms with E-state index in [4.69, 9.17) is 5.73 Å². The van der Waals surface area contributed by atoms with Crippen LogP contribution < -0.4 is 5.73 Å². The van der Waals surface area contributed by atoms with Gasteiger partial charge in [0.25, 0.3) is 0 Å². The van der Waals surface area contributed by atoms with Gasteiger partial charge < -0.3 is 10.7 Å². The summed E-state index contributed by atoms with van der Waals surface area (Å²) in [5.41, 5.74) is 9.38. The molecule has 0 unspecified atom stereocenters. The van der Waals surface area contributed by atoms with E-state index in [1.54, 1.807) is 0 Å². The lowest BCUT2D eigenvalue weighted by molar-refractivity contribution is 0.540. The quantitative estimate of drug-likeness (QED) is 0.772. The molecule has 2 nitrogen and oxygen atoms in total. The molecule has 15 heavy (non-hydrogen) atoms. The number of aromatic amines is 1. The minimum absolute atomic E-state index is 0.300. The van der Waals surface area contributed by atoms with E-state index in [1.807, 2.05) is 13.8 Å². The molecule has 0 radical (unpaired) electrons. The standard InChI is InChI=1S/C13H18N2/c1-4-9-5-6-11-10(7-9)8-12(15-11)13(2,3)14/h5-8,15H,4,14H2,1-3H3. The van der Waals surface area contributed by atoms with Crippen molar-refractivity contribution in [1.82, 2.24) is 4.98 Å². The Morgan fingerprint density at radius 3 is 2.60 bits per heavy atom. The second-order valence-electron chi connectivity index (χ2n) is 4.68. The molecular weight excluding hydrogens is 184 g/mol. The van der Waals surface area contributed by atoms with Crippen molar-refractivity contribution in [2.75, 3.05) is 0 Å². The predicted octanol–water partition coefficient (Wildman–Crippen LogP) is 2.92. The van der Waals surface area contributed by atoms with Crippen molar-refractivity contribution in [1.29, 1.82) is 0 Å². The Bertz CT molecular complexity index is 475. The van der Waals surface area contributed by atoms with Crippen LogP contribution in [0, 0.1) is 0 Å². The van der Waals surface area contributed by atoms with Crippen LogP contribution in [-0.2, 0) is 12.0 Å². The molecule has 80 valence electrons. The molecule has 2 rings (SSSR count). The second-order valence-corrected chi connectivity index (χ2v) is 4.68. The van der Waals surface area contributed by atoms with E-state index in [9.17, 15) is 0 Å². The average Bonchev–Trinajstić information content (AvgIpc) is 2.59. The van der Waals surface area contributed by atoms with Gasteiger partial charge in [-0.15, -0.1) is 0 Å². The number of rotatable bonds is 2. The smallest absolute Gasteiger partial charge is 0.0504 e. The molecule has 0 amide bonds. The van der Waals surface area contributed by atoms with Gasteiger partial charge in [-0.3, -0.25) is 0 Å². The third-order valence-corrected chi connectivity index (χ3v) is 2.79. The van der Waals surface area contributed by atoms with Gasteiger partial charge in [-0.1, -0.05) is 13.0 Å². The van der Waals surface area contributed by atoms with E-state index >= 15 is 0 Å². The minimum atomic E-state index is -0.300. The largest absolute Gasteiger partial charge is 0.357 e. The zero-order valence-corrected chi connectivity index (χ0v) is 9.59. The summed E-state index contributed by atoms with van der Waals surface area (Å²) in [6, 6.07) is 8.66. The number of nitrogens with one attached hydrogen (secondary N) is 1. The topological polar surface area (TPSA) is 41.8 Å². The van der Waals surface area contributed by atoms with Gasteiger partial charge in [-0.05, 0) is 49.4 Å². The summed E-state index contributed by atoms with van der Waals surface area (Å²) in [5, 5.41) is 1.25. The van der Waals surface area contributed by atoms with E-state index in [1.165, 1.54) is 16.5 Å². The fourth-order valence-corrected chi connectivity index (χ4v) is 1.75. The van der Waals surface area contributed by atoms with Crippen LogP contribution in [0.15, 0.2) is 24.3 Å². The van der Waals surface area contributed by atoms with Crippen LogP contribution in [0.25, 0.3) is 10.9 Å². The molecule has 0 atom stereocenters. The SMILES string of the molecule is CCc1ccc2[nH]c(C(C)(C)N)cc2c1. The van der Waals surface area contributed by atoms with Crippen molar-refractivity contribution >= 4 is 10.9 Å². The van der Waals surface area contributed by atoms with Gasteiger partial charge in [0.1, 0.15) is 0 Å². The number of hydrogen-bond donors (Lipinski definition) is 2. The number of aromatic nitrogens is 1. The summed E-state index contributed by atoms with van der Waals surface area (Å²) < 4.78 is 0. The van der Waals surface area contributed by atoms with Gasteiger partial charge in [0, 0.05) is 11.2 Å². The molecule has 1 heterocycles.